The van der Waals surface area contributed by atoms with Gasteiger partial charge in [0.1, 0.15) is 0 Å². The van der Waals surface area contributed by atoms with E-state index in [4.69, 9.17) is 4.74 Å². The SMILES string of the molecule is CCCC1(C)CCCN(C(=NC)NCC(C)CN2CCOCC2)C1. The van der Waals surface area contributed by atoms with Crippen LogP contribution in [0.1, 0.15) is 46.5 Å². The highest BCUT2D eigenvalue weighted by Crippen LogP contribution is 2.33. The predicted octanol–water partition coefficient (Wildman–Crippen LogP) is 2.43. The van der Waals surface area contributed by atoms with Gasteiger partial charge in [0.25, 0.3) is 0 Å². The summed E-state index contributed by atoms with van der Waals surface area (Å²) in [7, 11) is 1.92. The Morgan fingerprint density at radius 1 is 1.29 bits per heavy atom. The quantitative estimate of drug-likeness (QED) is 0.596. The fourth-order valence-electron chi connectivity index (χ4n) is 4.19. The van der Waals surface area contributed by atoms with Crippen molar-refractivity contribution in [2.24, 2.45) is 16.3 Å². The first-order valence-electron chi connectivity index (χ1n) is 9.82. The zero-order valence-corrected chi connectivity index (χ0v) is 16.3. The molecule has 2 rings (SSSR count). The van der Waals surface area contributed by atoms with Crippen LogP contribution in [0.15, 0.2) is 4.99 Å². The molecule has 1 N–H and O–H groups in total. The predicted molar refractivity (Wildman–Crippen MR) is 102 cm³/mol. The fraction of sp³-hybridized carbons (Fsp3) is 0.947. The first-order chi connectivity index (χ1) is 11.6. The van der Waals surface area contributed by atoms with Crippen molar-refractivity contribution in [3.63, 3.8) is 0 Å². The molecule has 0 aromatic rings. The molecule has 5 heteroatoms. The molecule has 0 spiro atoms. The summed E-state index contributed by atoms with van der Waals surface area (Å²) in [6.07, 6.45) is 5.21. The third kappa shape index (κ3) is 5.92. The Bertz CT molecular complexity index is 391. The van der Waals surface area contributed by atoms with E-state index in [1.54, 1.807) is 0 Å². The van der Waals surface area contributed by atoms with Gasteiger partial charge in [-0.15, -0.1) is 0 Å². The summed E-state index contributed by atoms with van der Waals surface area (Å²) < 4.78 is 5.43. The van der Waals surface area contributed by atoms with Crippen molar-refractivity contribution in [2.75, 3.05) is 59.5 Å². The van der Waals surface area contributed by atoms with Gasteiger partial charge in [-0.25, -0.2) is 0 Å². The molecule has 0 radical (unpaired) electrons. The summed E-state index contributed by atoms with van der Waals surface area (Å²) in [6.45, 7) is 15.4. The van der Waals surface area contributed by atoms with Crippen LogP contribution >= 0.6 is 0 Å². The normalized spacial score (nSPS) is 28.0. The van der Waals surface area contributed by atoms with Gasteiger partial charge in [-0.2, -0.15) is 0 Å². The highest BCUT2D eigenvalue weighted by Gasteiger charge is 2.31. The molecule has 0 bridgehead atoms. The van der Waals surface area contributed by atoms with Crippen LogP contribution in [0.3, 0.4) is 0 Å². The van der Waals surface area contributed by atoms with Gasteiger partial charge in [0.05, 0.1) is 13.2 Å². The van der Waals surface area contributed by atoms with Gasteiger partial charge in [0.2, 0.25) is 0 Å². The minimum absolute atomic E-state index is 0.448. The van der Waals surface area contributed by atoms with Crippen LogP contribution in [0.4, 0.5) is 0 Å². The number of morpholine rings is 1. The number of nitrogens with zero attached hydrogens (tertiary/aromatic N) is 3. The van der Waals surface area contributed by atoms with Gasteiger partial charge in [0.15, 0.2) is 5.96 Å². The highest BCUT2D eigenvalue weighted by molar-refractivity contribution is 5.80. The number of rotatable bonds is 6. The van der Waals surface area contributed by atoms with Crippen LogP contribution in [0, 0.1) is 11.3 Å². The molecule has 140 valence electrons. The number of hydrogen-bond donors (Lipinski definition) is 1. The van der Waals surface area contributed by atoms with Crippen molar-refractivity contribution in [1.82, 2.24) is 15.1 Å². The van der Waals surface area contributed by atoms with Gasteiger partial charge in [-0.3, -0.25) is 9.89 Å². The third-order valence-corrected chi connectivity index (χ3v) is 5.43. The second kappa shape index (κ2) is 9.62. The zero-order chi connectivity index (χ0) is 17.4. The topological polar surface area (TPSA) is 40.1 Å². The molecule has 2 aliphatic rings. The van der Waals surface area contributed by atoms with Gasteiger partial charge in [-0.1, -0.05) is 27.2 Å². The Labute approximate surface area is 148 Å². The molecule has 2 saturated heterocycles. The summed E-state index contributed by atoms with van der Waals surface area (Å²) in [4.78, 5) is 9.54. The van der Waals surface area contributed by atoms with Gasteiger partial charge < -0.3 is 15.0 Å². The van der Waals surface area contributed by atoms with E-state index in [0.717, 1.165) is 58.4 Å². The molecular weight excluding hydrogens is 300 g/mol. The third-order valence-electron chi connectivity index (χ3n) is 5.43. The number of nitrogens with one attached hydrogen (secondary N) is 1. The van der Waals surface area contributed by atoms with Crippen molar-refractivity contribution in [1.29, 1.82) is 0 Å². The van der Waals surface area contributed by atoms with Crippen molar-refractivity contribution in [3.05, 3.63) is 0 Å². The standard InChI is InChI=1S/C19H38N4O/c1-5-7-19(3)8-6-9-23(16-19)18(20-4)21-14-17(2)15-22-10-12-24-13-11-22/h17H,5-16H2,1-4H3,(H,20,21). The number of aliphatic imine (C=N–C) groups is 1. The molecule has 0 aliphatic carbocycles. The summed E-state index contributed by atoms with van der Waals surface area (Å²) in [5, 5.41) is 3.63. The van der Waals surface area contributed by atoms with Gasteiger partial charge >= 0.3 is 0 Å². The largest absolute Gasteiger partial charge is 0.379 e. The molecule has 0 aromatic carbocycles. The summed E-state index contributed by atoms with van der Waals surface area (Å²) >= 11 is 0. The van der Waals surface area contributed by atoms with Crippen LogP contribution in [0.2, 0.25) is 0 Å². The molecule has 5 nitrogen and oxygen atoms in total. The highest BCUT2D eigenvalue weighted by atomic mass is 16.5. The van der Waals surface area contributed by atoms with Crippen molar-refractivity contribution >= 4 is 5.96 Å². The maximum Gasteiger partial charge on any atom is 0.193 e. The van der Waals surface area contributed by atoms with Crippen LogP contribution in [-0.4, -0.2) is 75.3 Å². The first kappa shape index (κ1) is 19.5. The number of likely N-dealkylation sites (tertiary alicyclic amines) is 1. The summed E-state index contributed by atoms with van der Waals surface area (Å²) in [6, 6.07) is 0. The van der Waals surface area contributed by atoms with E-state index in [2.05, 4.69) is 40.9 Å². The molecule has 0 aromatic heterocycles. The Balaban J connectivity index is 1.78. The lowest BCUT2D eigenvalue weighted by Crippen LogP contribution is -2.51. The van der Waals surface area contributed by atoms with E-state index in [9.17, 15) is 0 Å². The lowest BCUT2D eigenvalue weighted by Gasteiger charge is -2.42. The average molecular weight is 339 g/mol. The van der Waals surface area contributed by atoms with E-state index in [1.165, 1.54) is 25.7 Å². The molecular formula is C19H38N4O. The first-order valence-corrected chi connectivity index (χ1v) is 9.82. The van der Waals surface area contributed by atoms with Gasteiger partial charge in [-0.05, 0) is 30.6 Å². The molecule has 2 unspecified atom stereocenters. The number of guanidine groups is 1. The summed E-state index contributed by atoms with van der Waals surface area (Å²) in [5.74, 6) is 1.71. The monoisotopic (exact) mass is 338 g/mol. The second-order valence-electron chi connectivity index (χ2n) is 8.03. The second-order valence-corrected chi connectivity index (χ2v) is 8.03. The Morgan fingerprint density at radius 3 is 2.71 bits per heavy atom. The van der Waals surface area contributed by atoms with E-state index in [0.29, 0.717) is 11.3 Å². The number of hydrogen-bond acceptors (Lipinski definition) is 3. The van der Waals surface area contributed by atoms with Crippen LogP contribution in [-0.2, 0) is 4.74 Å². The molecule has 2 atom stereocenters. The molecule has 2 heterocycles. The minimum Gasteiger partial charge on any atom is -0.379 e. The van der Waals surface area contributed by atoms with Gasteiger partial charge in [0, 0.05) is 46.3 Å². The fourth-order valence-corrected chi connectivity index (χ4v) is 4.19. The van der Waals surface area contributed by atoms with Crippen LogP contribution in [0.25, 0.3) is 0 Å². The Kier molecular flexibility index (Phi) is 7.82. The van der Waals surface area contributed by atoms with E-state index in [-0.39, 0.29) is 0 Å². The maximum absolute atomic E-state index is 5.43. The molecule has 0 saturated carbocycles. The lowest BCUT2D eigenvalue weighted by atomic mass is 9.78. The minimum atomic E-state index is 0.448. The molecule has 24 heavy (non-hydrogen) atoms. The zero-order valence-electron chi connectivity index (χ0n) is 16.3. The van der Waals surface area contributed by atoms with E-state index < -0.39 is 0 Å². The van der Waals surface area contributed by atoms with E-state index in [1.807, 2.05) is 7.05 Å². The number of ether oxygens (including phenoxy) is 1. The van der Waals surface area contributed by atoms with Crippen molar-refractivity contribution < 1.29 is 4.74 Å². The smallest absolute Gasteiger partial charge is 0.193 e. The molecule has 2 fully saturated rings. The van der Waals surface area contributed by atoms with Crippen molar-refractivity contribution in [3.8, 4) is 0 Å². The van der Waals surface area contributed by atoms with Crippen molar-refractivity contribution in [2.45, 2.75) is 46.5 Å². The lowest BCUT2D eigenvalue weighted by molar-refractivity contribution is 0.0320. The Morgan fingerprint density at radius 2 is 2.04 bits per heavy atom. The molecule has 0 amide bonds. The Hall–Kier alpha value is -0.810. The number of piperidine rings is 1. The van der Waals surface area contributed by atoms with Crippen LogP contribution in [0.5, 0.6) is 0 Å². The van der Waals surface area contributed by atoms with Crippen LogP contribution < -0.4 is 5.32 Å². The average Bonchev–Trinajstić information content (AvgIpc) is 2.56. The summed E-state index contributed by atoms with van der Waals surface area (Å²) in [5.41, 5.74) is 0.448. The van der Waals surface area contributed by atoms with E-state index >= 15 is 0 Å². The maximum atomic E-state index is 5.43. The molecule has 2 aliphatic heterocycles.